The minimum atomic E-state index is -3.24. The van der Waals surface area contributed by atoms with Gasteiger partial charge in [-0.2, -0.15) is 0 Å². The second-order valence-corrected chi connectivity index (χ2v) is 9.26. The van der Waals surface area contributed by atoms with Crippen LogP contribution in [-0.4, -0.2) is 50.9 Å². The summed E-state index contributed by atoms with van der Waals surface area (Å²) in [5, 5.41) is 10.6. The summed E-state index contributed by atoms with van der Waals surface area (Å²) >= 11 is 0. The van der Waals surface area contributed by atoms with Crippen LogP contribution in [0.1, 0.15) is 43.4 Å². The Bertz CT molecular complexity index is 690. The highest BCUT2D eigenvalue weighted by Gasteiger charge is 2.25. The molecule has 5 nitrogen and oxygen atoms in total. The number of β-amino-alcohol motifs (C(OH)–C–C–N with tert-alkyl or cyclic N) is 1. The van der Waals surface area contributed by atoms with Gasteiger partial charge in [0, 0.05) is 19.6 Å². The Morgan fingerprint density at radius 3 is 2.79 bits per heavy atom. The molecule has 134 valence electrons. The number of piperidine rings is 1. The fourth-order valence-corrected chi connectivity index (χ4v) is 4.93. The van der Waals surface area contributed by atoms with E-state index in [1.54, 1.807) is 0 Å². The minimum absolute atomic E-state index is 0.519. The van der Waals surface area contributed by atoms with E-state index in [1.165, 1.54) is 23.4 Å². The summed E-state index contributed by atoms with van der Waals surface area (Å²) in [6.07, 6.45) is 4.89. The minimum Gasteiger partial charge on any atom is -0.387 e. The lowest BCUT2D eigenvalue weighted by Gasteiger charge is -2.33. The smallest absolute Gasteiger partial charge is 0.232 e. The number of likely N-dealkylation sites (tertiary alicyclic amines) is 1. The summed E-state index contributed by atoms with van der Waals surface area (Å²) in [6.45, 7) is 5.55. The van der Waals surface area contributed by atoms with E-state index >= 15 is 0 Å². The molecule has 1 saturated heterocycles. The number of aliphatic hydroxyl groups excluding tert-OH is 1. The fourth-order valence-electron chi connectivity index (χ4n) is 3.94. The zero-order valence-electron chi connectivity index (χ0n) is 14.6. The molecule has 2 heterocycles. The molecule has 0 radical (unpaired) electrons. The van der Waals surface area contributed by atoms with Crippen molar-refractivity contribution in [2.75, 3.05) is 36.7 Å². The highest BCUT2D eigenvalue weighted by molar-refractivity contribution is 7.92. The van der Waals surface area contributed by atoms with Crippen LogP contribution in [0.3, 0.4) is 0 Å². The van der Waals surface area contributed by atoms with E-state index in [2.05, 4.69) is 11.8 Å². The number of hydrogen-bond acceptors (Lipinski definition) is 4. The van der Waals surface area contributed by atoms with Gasteiger partial charge < -0.3 is 10.0 Å². The first kappa shape index (κ1) is 17.7. The second-order valence-electron chi connectivity index (χ2n) is 7.35. The maximum Gasteiger partial charge on any atom is 0.232 e. The van der Waals surface area contributed by atoms with Crippen LogP contribution in [0, 0.1) is 5.92 Å². The Morgan fingerprint density at radius 2 is 2.08 bits per heavy atom. The summed E-state index contributed by atoms with van der Waals surface area (Å²) < 4.78 is 25.3. The van der Waals surface area contributed by atoms with Crippen LogP contribution in [0.5, 0.6) is 0 Å². The van der Waals surface area contributed by atoms with Crippen molar-refractivity contribution in [1.29, 1.82) is 0 Å². The number of aryl methyl sites for hydroxylation is 1. The maximum absolute atomic E-state index is 11.9. The molecule has 0 saturated carbocycles. The number of nitrogens with zero attached hydrogens (tertiary/aromatic N) is 2. The van der Waals surface area contributed by atoms with E-state index in [9.17, 15) is 13.5 Å². The third-order valence-corrected chi connectivity index (χ3v) is 6.32. The molecule has 0 bridgehead atoms. The lowest BCUT2D eigenvalue weighted by atomic mass is 9.97. The van der Waals surface area contributed by atoms with Crippen molar-refractivity contribution in [3.05, 3.63) is 29.3 Å². The molecule has 0 spiro atoms. The predicted molar refractivity (Wildman–Crippen MR) is 96.8 cm³/mol. The molecule has 2 aliphatic rings. The number of anilines is 1. The zero-order valence-corrected chi connectivity index (χ0v) is 15.4. The Labute approximate surface area is 145 Å². The molecule has 0 aromatic heterocycles. The van der Waals surface area contributed by atoms with Gasteiger partial charge in [-0.15, -0.1) is 0 Å². The van der Waals surface area contributed by atoms with E-state index in [0.29, 0.717) is 19.0 Å². The lowest BCUT2D eigenvalue weighted by molar-refractivity contribution is 0.0875. The fraction of sp³-hybridized carbons (Fsp3) is 0.667. The topological polar surface area (TPSA) is 60.9 Å². The van der Waals surface area contributed by atoms with Crippen molar-refractivity contribution in [1.82, 2.24) is 4.90 Å². The Hall–Kier alpha value is -1.11. The number of aliphatic hydroxyl groups is 1. The van der Waals surface area contributed by atoms with Crippen LogP contribution in [0.25, 0.3) is 0 Å². The van der Waals surface area contributed by atoms with Crippen molar-refractivity contribution in [3.63, 3.8) is 0 Å². The molecule has 3 rings (SSSR count). The van der Waals surface area contributed by atoms with Crippen LogP contribution in [-0.2, 0) is 16.4 Å². The van der Waals surface area contributed by atoms with E-state index in [1.807, 2.05) is 18.2 Å². The number of hydrogen-bond donors (Lipinski definition) is 1. The van der Waals surface area contributed by atoms with Gasteiger partial charge in [0.05, 0.1) is 18.0 Å². The number of benzene rings is 1. The summed E-state index contributed by atoms with van der Waals surface area (Å²) in [4.78, 5) is 2.33. The Morgan fingerprint density at radius 1 is 1.29 bits per heavy atom. The number of fused-ring (bicyclic) bond motifs is 1. The van der Waals surface area contributed by atoms with Crippen molar-refractivity contribution < 1.29 is 13.5 Å². The molecule has 2 atom stereocenters. The Balaban J connectivity index is 1.76. The van der Waals surface area contributed by atoms with E-state index in [0.717, 1.165) is 42.7 Å². The zero-order chi connectivity index (χ0) is 17.3. The molecule has 1 aromatic carbocycles. The second kappa shape index (κ2) is 7.02. The van der Waals surface area contributed by atoms with Gasteiger partial charge in [-0.3, -0.25) is 4.31 Å². The lowest BCUT2D eigenvalue weighted by Crippen LogP contribution is -2.37. The van der Waals surface area contributed by atoms with Crippen LogP contribution < -0.4 is 4.31 Å². The first-order valence-electron chi connectivity index (χ1n) is 8.85. The Kier molecular flexibility index (Phi) is 5.18. The van der Waals surface area contributed by atoms with E-state index in [-0.39, 0.29) is 0 Å². The molecule has 6 heteroatoms. The number of rotatable bonds is 4. The third-order valence-electron chi connectivity index (χ3n) is 5.14. The van der Waals surface area contributed by atoms with Crippen LogP contribution in [0.4, 0.5) is 5.69 Å². The molecule has 0 unspecified atom stereocenters. The van der Waals surface area contributed by atoms with Gasteiger partial charge in [0.2, 0.25) is 10.0 Å². The standard InChI is InChI=1S/C18H28N2O3S/c1-14-5-3-9-19(12-14)13-18(21)16-7-8-17-15(11-16)6-4-10-20(17)24(2,22)23/h7-8,11,14,18,21H,3-6,9-10,12-13H2,1-2H3/t14-,18+/m0/s1. The highest BCUT2D eigenvalue weighted by Crippen LogP contribution is 2.31. The summed E-state index contributed by atoms with van der Waals surface area (Å²) in [5.41, 5.74) is 2.68. The van der Waals surface area contributed by atoms with E-state index in [4.69, 9.17) is 0 Å². The summed E-state index contributed by atoms with van der Waals surface area (Å²) in [5.74, 6) is 0.692. The molecule has 0 aliphatic carbocycles. The highest BCUT2D eigenvalue weighted by atomic mass is 32.2. The van der Waals surface area contributed by atoms with E-state index < -0.39 is 16.1 Å². The number of sulfonamides is 1. The average molecular weight is 353 g/mol. The van der Waals surface area contributed by atoms with Crippen molar-refractivity contribution in [3.8, 4) is 0 Å². The molecule has 1 aromatic rings. The average Bonchev–Trinajstić information content (AvgIpc) is 2.53. The van der Waals surface area contributed by atoms with Crippen LogP contribution >= 0.6 is 0 Å². The van der Waals surface area contributed by atoms with Gasteiger partial charge in [-0.05, 0) is 55.3 Å². The maximum atomic E-state index is 11.9. The monoisotopic (exact) mass is 352 g/mol. The van der Waals surface area contributed by atoms with Crippen molar-refractivity contribution in [2.45, 2.75) is 38.7 Å². The van der Waals surface area contributed by atoms with Gasteiger partial charge in [0.1, 0.15) is 0 Å². The molecular weight excluding hydrogens is 324 g/mol. The quantitative estimate of drug-likeness (QED) is 0.902. The first-order chi connectivity index (χ1) is 11.3. The molecule has 1 fully saturated rings. The SMILES string of the molecule is C[C@H]1CCCN(C[C@@H](O)c2ccc3c(c2)CCCN3S(C)(=O)=O)C1. The van der Waals surface area contributed by atoms with Crippen LogP contribution in [0.15, 0.2) is 18.2 Å². The van der Waals surface area contributed by atoms with Crippen LogP contribution in [0.2, 0.25) is 0 Å². The third kappa shape index (κ3) is 3.92. The summed E-state index contributed by atoms with van der Waals surface area (Å²) in [7, 11) is -3.24. The van der Waals surface area contributed by atoms with Gasteiger partial charge in [0.15, 0.2) is 0 Å². The largest absolute Gasteiger partial charge is 0.387 e. The van der Waals surface area contributed by atoms with Gasteiger partial charge in [0.25, 0.3) is 0 Å². The first-order valence-corrected chi connectivity index (χ1v) is 10.7. The summed E-state index contributed by atoms with van der Waals surface area (Å²) in [6, 6.07) is 5.72. The van der Waals surface area contributed by atoms with Crippen molar-refractivity contribution >= 4 is 15.7 Å². The van der Waals surface area contributed by atoms with Gasteiger partial charge >= 0.3 is 0 Å². The molecule has 2 aliphatic heterocycles. The molecule has 24 heavy (non-hydrogen) atoms. The molecule has 1 N–H and O–H groups in total. The predicted octanol–water partition coefficient (Wildman–Crippen LogP) is 2.16. The van der Waals surface area contributed by atoms with Crippen molar-refractivity contribution in [2.24, 2.45) is 5.92 Å². The van der Waals surface area contributed by atoms with Gasteiger partial charge in [-0.1, -0.05) is 19.1 Å². The molecule has 0 amide bonds. The molecular formula is C18H28N2O3S. The normalized spacial score (nSPS) is 23.8. The van der Waals surface area contributed by atoms with Gasteiger partial charge in [-0.25, -0.2) is 8.42 Å².